The number of carbonyl (C=O) groups is 1. The molecule has 184 valence electrons. The zero-order valence-electron chi connectivity index (χ0n) is 20.7. The first-order chi connectivity index (χ1) is 17.2. The van der Waals surface area contributed by atoms with Gasteiger partial charge in [-0.15, -0.1) is 0 Å². The Morgan fingerprint density at radius 1 is 1.06 bits per heavy atom. The van der Waals surface area contributed by atoms with Gasteiger partial charge in [-0.2, -0.15) is 0 Å². The molecule has 0 saturated carbocycles. The van der Waals surface area contributed by atoms with E-state index in [0.717, 1.165) is 39.2 Å². The maximum atomic E-state index is 11.8. The van der Waals surface area contributed by atoms with Crippen LogP contribution in [0.3, 0.4) is 0 Å². The number of aliphatic hydroxyl groups is 1. The van der Waals surface area contributed by atoms with Gasteiger partial charge >= 0.3 is 0 Å². The first-order valence-corrected chi connectivity index (χ1v) is 11.6. The fourth-order valence-electron chi connectivity index (χ4n) is 3.46. The molecular formula is C28H29N5O3. The normalized spacial score (nSPS) is 11.6. The fourth-order valence-corrected chi connectivity index (χ4v) is 3.46. The van der Waals surface area contributed by atoms with Crippen molar-refractivity contribution >= 4 is 34.4 Å². The molecule has 2 heterocycles. The number of hydrogen-bond acceptors (Lipinski definition) is 7. The molecule has 8 nitrogen and oxygen atoms in total. The van der Waals surface area contributed by atoms with Crippen molar-refractivity contribution in [2.75, 3.05) is 11.9 Å². The number of aryl methyl sites for hydroxylation is 2. The predicted octanol–water partition coefficient (Wildman–Crippen LogP) is 5.08. The average molecular weight is 484 g/mol. The summed E-state index contributed by atoms with van der Waals surface area (Å²) >= 11 is 0. The number of benzene rings is 2. The monoisotopic (exact) mass is 483 g/mol. The van der Waals surface area contributed by atoms with Crippen molar-refractivity contribution in [2.24, 2.45) is 0 Å². The Hall–Kier alpha value is -4.30. The van der Waals surface area contributed by atoms with E-state index in [-0.39, 0.29) is 0 Å². The van der Waals surface area contributed by atoms with Crippen LogP contribution in [0.25, 0.3) is 17.0 Å². The molecular weight excluding hydrogens is 454 g/mol. The van der Waals surface area contributed by atoms with Gasteiger partial charge in [0.25, 0.3) is 5.91 Å². The summed E-state index contributed by atoms with van der Waals surface area (Å²) in [5.74, 6) is 1.70. The summed E-state index contributed by atoms with van der Waals surface area (Å²) in [5, 5.41) is 16.6. The maximum absolute atomic E-state index is 11.8. The lowest BCUT2D eigenvalue weighted by Crippen LogP contribution is -2.41. The van der Waals surface area contributed by atoms with E-state index in [1.807, 2.05) is 74.5 Å². The van der Waals surface area contributed by atoms with Gasteiger partial charge in [-0.25, -0.2) is 9.97 Å². The van der Waals surface area contributed by atoms with Gasteiger partial charge in [0.15, 0.2) is 0 Å². The Balaban J connectivity index is 1.49. The molecule has 2 aromatic heterocycles. The van der Waals surface area contributed by atoms with Gasteiger partial charge < -0.3 is 20.5 Å². The maximum Gasteiger partial charge on any atom is 0.251 e. The van der Waals surface area contributed by atoms with Gasteiger partial charge in [-0.1, -0.05) is 18.2 Å². The van der Waals surface area contributed by atoms with E-state index in [1.54, 1.807) is 6.20 Å². The summed E-state index contributed by atoms with van der Waals surface area (Å²) in [6.07, 6.45) is 6.97. The standard InChI is InChI=1S/C28H29N5O3/c1-18-14-21(9-12-25(18)36-22-10-7-19(2)30-16-22)33-26-23-15-20(8-11-24(23)31-17-32-26)6-5-13-29-27(34)28(3,4)35/h5-12,14-17,35H,13H2,1-4H3,(H,29,34)(H,31,32,33)/b6-5+. The summed E-state index contributed by atoms with van der Waals surface area (Å²) in [4.78, 5) is 24.9. The van der Waals surface area contributed by atoms with Crippen LogP contribution in [0.4, 0.5) is 11.5 Å². The summed E-state index contributed by atoms with van der Waals surface area (Å²) in [5.41, 5.74) is 3.11. The molecule has 8 heteroatoms. The molecule has 0 atom stereocenters. The number of fused-ring (bicyclic) bond motifs is 1. The Bertz CT molecular complexity index is 1410. The molecule has 1 amide bonds. The molecule has 0 saturated heterocycles. The molecule has 0 spiro atoms. The van der Waals surface area contributed by atoms with Crippen LogP contribution >= 0.6 is 0 Å². The molecule has 0 fully saturated rings. The van der Waals surface area contributed by atoms with Crippen molar-refractivity contribution in [3.8, 4) is 11.5 Å². The largest absolute Gasteiger partial charge is 0.455 e. The minimum atomic E-state index is -1.41. The number of nitrogens with one attached hydrogen (secondary N) is 2. The number of ether oxygens (including phenoxy) is 1. The highest BCUT2D eigenvalue weighted by molar-refractivity contribution is 5.92. The molecule has 4 aromatic rings. The number of nitrogens with zero attached hydrogens (tertiary/aromatic N) is 3. The van der Waals surface area contributed by atoms with E-state index in [0.29, 0.717) is 18.1 Å². The van der Waals surface area contributed by atoms with Crippen LogP contribution in [-0.2, 0) is 4.79 Å². The first-order valence-electron chi connectivity index (χ1n) is 11.6. The van der Waals surface area contributed by atoms with Gasteiger partial charge in [0.1, 0.15) is 29.2 Å². The number of anilines is 2. The second kappa shape index (κ2) is 10.5. The van der Waals surface area contributed by atoms with Crippen LogP contribution in [0.1, 0.15) is 30.7 Å². The van der Waals surface area contributed by atoms with Crippen LogP contribution in [0.5, 0.6) is 11.5 Å². The van der Waals surface area contributed by atoms with E-state index in [2.05, 4.69) is 25.6 Å². The van der Waals surface area contributed by atoms with Crippen LogP contribution in [0.2, 0.25) is 0 Å². The lowest BCUT2D eigenvalue weighted by atomic mass is 10.1. The SMILES string of the molecule is Cc1ccc(Oc2ccc(Nc3ncnc4ccc(/C=C/CNC(=O)C(C)(C)O)cc34)cc2C)cn1. The number of aromatic nitrogens is 3. The third-order valence-electron chi connectivity index (χ3n) is 5.46. The summed E-state index contributed by atoms with van der Waals surface area (Å²) < 4.78 is 5.97. The molecule has 0 radical (unpaired) electrons. The van der Waals surface area contributed by atoms with Gasteiger partial charge in [-0.05, 0) is 81.3 Å². The quantitative estimate of drug-likeness (QED) is 0.321. The van der Waals surface area contributed by atoms with Crippen LogP contribution in [0.15, 0.2) is 67.1 Å². The molecule has 2 aromatic carbocycles. The lowest BCUT2D eigenvalue weighted by Gasteiger charge is -2.15. The second-order valence-electron chi connectivity index (χ2n) is 9.01. The highest BCUT2D eigenvalue weighted by Gasteiger charge is 2.22. The number of rotatable bonds is 8. The first kappa shape index (κ1) is 24.8. The minimum absolute atomic E-state index is 0.309. The Kier molecular flexibility index (Phi) is 7.26. The van der Waals surface area contributed by atoms with E-state index >= 15 is 0 Å². The van der Waals surface area contributed by atoms with Crippen LogP contribution < -0.4 is 15.4 Å². The predicted molar refractivity (Wildman–Crippen MR) is 141 cm³/mol. The number of pyridine rings is 1. The van der Waals surface area contributed by atoms with Crippen molar-refractivity contribution in [3.63, 3.8) is 0 Å². The van der Waals surface area contributed by atoms with Gasteiger partial charge in [0.2, 0.25) is 0 Å². The van der Waals surface area contributed by atoms with Crippen LogP contribution in [-0.4, -0.2) is 38.1 Å². The van der Waals surface area contributed by atoms with Crippen molar-refractivity contribution in [1.29, 1.82) is 0 Å². The third kappa shape index (κ3) is 6.22. The molecule has 0 unspecified atom stereocenters. The molecule has 3 N–H and O–H groups in total. The molecule has 0 aliphatic heterocycles. The van der Waals surface area contributed by atoms with Crippen molar-refractivity contribution in [3.05, 3.63) is 84.0 Å². The fraction of sp³-hybridized carbons (Fsp3) is 0.214. The zero-order chi connectivity index (χ0) is 25.7. The molecule has 36 heavy (non-hydrogen) atoms. The Labute approximate surface area is 210 Å². The van der Waals surface area contributed by atoms with Crippen molar-refractivity contribution in [1.82, 2.24) is 20.3 Å². The number of amides is 1. The van der Waals surface area contributed by atoms with E-state index in [9.17, 15) is 9.90 Å². The zero-order valence-corrected chi connectivity index (χ0v) is 20.7. The van der Waals surface area contributed by atoms with Gasteiger partial charge in [-0.3, -0.25) is 9.78 Å². The van der Waals surface area contributed by atoms with Gasteiger partial charge in [0.05, 0.1) is 11.7 Å². The minimum Gasteiger partial charge on any atom is -0.455 e. The lowest BCUT2D eigenvalue weighted by molar-refractivity contribution is -0.136. The Morgan fingerprint density at radius 3 is 2.61 bits per heavy atom. The second-order valence-corrected chi connectivity index (χ2v) is 9.01. The van der Waals surface area contributed by atoms with E-state index < -0.39 is 11.5 Å². The molecule has 0 bridgehead atoms. The van der Waals surface area contributed by atoms with E-state index in [4.69, 9.17) is 4.74 Å². The van der Waals surface area contributed by atoms with Crippen molar-refractivity contribution < 1.29 is 14.6 Å². The molecule has 0 aliphatic carbocycles. The van der Waals surface area contributed by atoms with E-state index in [1.165, 1.54) is 20.2 Å². The molecule has 0 aliphatic rings. The Morgan fingerprint density at radius 2 is 1.89 bits per heavy atom. The summed E-state index contributed by atoms with van der Waals surface area (Å²) in [7, 11) is 0. The number of hydrogen-bond donors (Lipinski definition) is 3. The van der Waals surface area contributed by atoms with Crippen LogP contribution in [0, 0.1) is 13.8 Å². The summed E-state index contributed by atoms with van der Waals surface area (Å²) in [6, 6.07) is 15.5. The summed E-state index contributed by atoms with van der Waals surface area (Å²) in [6.45, 7) is 7.13. The van der Waals surface area contributed by atoms with Crippen molar-refractivity contribution in [2.45, 2.75) is 33.3 Å². The highest BCUT2D eigenvalue weighted by atomic mass is 16.5. The average Bonchev–Trinajstić information content (AvgIpc) is 2.84. The topological polar surface area (TPSA) is 109 Å². The smallest absolute Gasteiger partial charge is 0.251 e. The molecule has 4 rings (SSSR count). The van der Waals surface area contributed by atoms with Gasteiger partial charge in [0, 0.05) is 23.3 Å². The highest BCUT2D eigenvalue weighted by Crippen LogP contribution is 2.30. The third-order valence-corrected chi connectivity index (χ3v) is 5.46. The number of carbonyl (C=O) groups excluding carboxylic acids is 1.